The Bertz CT molecular complexity index is 89.6. The van der Waals surface area contributed by atoms with Crippen molar-refractivity contribution < 1.29 is 0 Å². The standard InChI is InChI=1S/C9H19BrS/c1-4-9(2,8-10)6-5-7-11-3/h4-8H2,1-3H3. The fraction of sp³-hybridized carbons (Fsp3) is 1.00. The van der Waals surface area contributed by atoms with Crippen LogP contribution in [0.3, 0.4) is 0 Å². The summed E-state index contributed by atoms with van der Waals surface area (Å²) >= 11 is 5.53. The summed E-state index contributed by atoms with van der Waals surface area (Å²) in [6.07, 6.45) is 6.18. The summed E-state index contributed by atoms with van der Waals surface area (Å²) in [6.45, 7) is 4.64. The molecule has 0 radical (unpaired) electrons. The Kier molecular flexibility index (Phi) is 6.84. The quantitative estimate of drug-likeness (QED) is 0.499. The van der Waals surface area contributed by atoms with Crippen LogP contribution in [0, 0.1) is 5.41 Å². The maximum atomic E-state index is 3.58. The van der Waals surface area contributed by atoms with Crippen molar-refractivity contribution in [2.24, 2.45) is 5.41 Å². The molecule has 0 N–H and O–H groups in total. The van der Waals surface area contributed by atoms with Gasteiger partial charge in [-0.2, -0.15) is 11.8 Å². The van der Waals surface area contributed by atoms with Gasteiger partial charge in [0.15, 0.2) is 0 Å². The van der Waals surface area contributed by atoms with E-state index in [0.29, 0.717) is 5.41 Å². The van der Waals surface area contributed by atoms with E-state index in [9.17, 15) is 0 Å². The van der Waals surface area contributed by atoms with Crippen molar-refractivity contribution in [2.75, 3.05) is 17.3 Å². The molecule has 0 amide bonds. The summed E-state index contributed by atoms with van der Waals surface area (Å²) in [4.78, 5) is 0. The highest BCUT2D eigenvalue weighted by Gasteiger charge is 2.19. The Labute approximate surface area is 83.6 Å². The van der Waals surface area contributed by atoms with Crippen molar-refractivity contribution in [1.82, 2.24) is 0 Å². The van der Waals surface area contributed by atoms with Gasteiger partial charge in [0.25, 0.3) is 0 Å². The van der Waals surface area contributed by atoms with Gasteiger partial charge in [-0.15, -0.1) is 0 Å². The summed E-state index contributed by atoms with van der Waals surface area (Å²) in [5.41, 5.74) is 0.537. The van der Waals surface area contributed by atoms with Crippen LogP contribution in [0.25, 0.3) is 0 Å². The molecule has 0 saturated carbocycles. The molecule has 0 aromatic rings. The predicted molar refractivity (Wildman–Crippen MR) is 59.8 cm³/mol. The van der Waals surface area contributed by atoms with Crippen LogP contribution in [0.1, 0.15) is 33.1 Å². The molecule has 0 aromatic carbocycles. The fourth-order valence-electron chi connectivity index (χ4n) is 0.981. The molecule has 0 fully saturated rings. The SMILES string of the molecule is CCC(C)(CBr)CCCSC. The first-order chi connectivity index (χ1) is 5.18. The Balaban J connectivity index is 3.51. The van der Waals surface area contributed by atoms with Crippen molar-refractivity contribution in [3.8, 4) is 0 Å². The third-order valence-electron chi connectivity index (χ3n) is 2.30. The van der Waals surface area contributed by atoms with Crippen molar-refractivity contribution in [3.05, 3.63) is 0 Å². The summed E-state index contributed by atoms with van der Waals surface area (Å²) < 4.78 is 0. The van der Waals surface area contributed by atoms with Gasteiger partial charge in [-0.05, 0) is 36.7 Å². The largest absolute Gasteiger partial charge is 0.165 e. The van der Waals surface area contributed by atoms with Gasteiger partial charge in [0.1, 0.15) is 0 Å². The van der Waals surface area contributed by atoms with E-state index in [1.165, 1.54) is 25.0 Å². The smallest absolute Gasteiger partial charge is 0.00852 e. The second-order valence-electron chi connectivity index (χ2n) is 3.39. The minimum Gasteiger partial charge on any atom is -0.165 e. The Morgan fingerprint density at radius 3 is 2.45 bits per heavy atom. The Hall–Kier alpha value is 0.830. The van der Waals surface area contributed by atoms with E-state index >= 15 is 0 Å². The van der Waals surface area contributed by atoms with Gasteiger partial charge in [-0.25, -0.2) is 0 Å². The van der Waals surface area contributed by atoms with Crippen LogP contribution in [0.15, 0.2) is 0 Å². The molecule has 0 spiro atoms. The molecule has 68 valence electrons. The van der Waals surface area contributed by atoms with E-state index in [-0.39, 0.29) is 0 Å². The van der Waals surface area contributed by atoms with E-state index in [4.69, 9.17) is 0 Å². The first-order valence-corrected chi connectivity index (χ1v) is 6.75. The predicted octanol–water partition coefficient (Wildman–Crippen LogP) is 3.94. The van der Waals surface area contributed by atoms with Gasteiger partial charge < -0.3 is 0 Å². The average molecular weight is 239 g/mol. The van der Waals surface area contributed by atoms with E-state index in [1.54, 1.807) is 0 Å². The molecule has 1 atom stereocenters. The zero-order valence-electron chi connectivity index (χ0n) is 7.82. The normalized spacial score (nSPS) is 16.4. The highest BCUT2D eigenvalue weighted by atomic mass is 79.9. The molecule has 0 bridgehead atoms. The number of thioether (sulfide) groups is 1. The molecule has 0 rings (SSSR count). The summed E-state index contributed by atoms with van der Waals surface area (Å²) in [6, 6.07) is 0. The number of halogens is 1. The topological polar surface area (TPSA) is 0 Å². The molecule has 0 aliphatic heterocycles. The molecule has 0 aliphatic carbocycles. The lowest BCUT2D eigenvalue weighted by Gasteiger charge is -2.25. The lowest BCUT2D eigenvalue weighted by Crippen LogP contribution is -2.16. The number of hydrogen-bond donors (Lipinski definition) is 0. The highest BCUT2D eigenvalue weighted by molar-refractivity contribution is 9.09. The molecule has 0 saturated heterocycles. The van der Waals surface area contributed by atoms with E-state index in [1.807, 2.05) is 11.8 Å². The number of rotatable bonds is 6. The van der Waals surface area contributed by atoms with Crippen LogP contribution < -0.4 is 0 Å². The summed E-state index contributed by atoms with van der Waals surface area (Å²) in [5, 5.41) is 1.14. The molecule has 2 heteroatoms. The lowest BCUT2D eigenvalue weighted by atomic mass is 9.85. The molecule has 0 heterocycles. The first kappa shape index (κ1) is 11.8. The van der Waals surface area contributed by atoms with Crippen LogP contribution in [-0.4, -0.2) is 17.3 Å². The molecule has 0 nitrogen and oxygen atoms in total. The van der Waals surface area contributed by atoms with Crippen LogP contribution in [-0.2, 0) is 0 Å². The van der Waals surface area contributed by atoms with Gasteiger partial charge in [0.05, 0.1) is 0 Å². The van der Waals surface area contributed by atoms with Crippen molar-refractivity contribution in [1.29, 1.82) is 0 Å². The maximum absolute atomic E-state index is 3.58. The zero-order valence-corrected chi connectivity index (χ0v) is 10.2. The molecule has 0 aromatic heterocycles. The second kappa shape index (κ2) is 6.36. The van der Waals surface area contributed by atoms with Gasteiger partial charge in [-0.3, -0.25) is 0 Å². The molecular weight excluding hydrogens is 220 g/mol. The van der Waals surface area contributed by atoms with Crippen molar-refractivity contribution in [2.45, 2.75) is 33.1 Å². The van der Waals surface area contributed by atoms with Crippen molar-refractivity contribution >= 4 is 27.7 Å². The lowest BCUT2D eigenvalue weighted by molar-refractivity contribution is 0.331. The zero-order chi connectivity index (χ0) is 8.74. The van der Waals surface area contributed by atoms with Crippen LogP contribution in [0.2, 0.25) is 0 Å². The van der Waals surface area contributed by atoms with Gasteiger partial charge in [0, 0.05) is 5.33 Å². The minimum atomic E-state index is 0.537. The van der Waals surface area contributed by atoms with Crippen molar-refractivity contribution in [3.63, 3.8) is 0 Å². The third-order valence-corrected chi connectivity index (χ3v) is 4.36. The van der Waals surface area contributed by atoms with Crippen LogP contribution >= 0.6 is 27.7 Å². The van der Waals surface area contributed by atoms with E-state index < -0.39 is 0 Å². The minimum absolute atomic E-state index is 0.537. The van der Waals surface area contributed by atoms with Gasteiger partial charge >= 0.3 is 0 Å². The molecule has 1 unspecified atom stereocenters. The highest BCUT2D eigenvalue weighted by Crippen LogP contribution is 2.29. The van der Waals surface area contributed by atoms with Gasteiger partial charge in [0.2, 0.25) is 0 Å². The second-order valence-corrected chi connectivity index (χ2v) is 4.94. The van der Waals surface area contributed by atoms with Gasteiger partial charge in [-0.1, -0.05) is 29.8 Å². The van der Waals surface area contributed by atoms with Crippen LogP contribution in [0.5, 0.6) is 0 Å². The average Bonchev–Trinajstić information content (AvgIpc) is 2.05. The Morgan fingerprint density at radius 1 is 1.45 bits per heavy atom. The maximum Gasteiger partial charge on any atom is 0.00852 e. The van der Waals surface area contributed by atoms with E-state index in [2.05, 4.69) is 36.0 Å². The monoisotopic (exact) mass is 238 g/mol. The first-order valence-electron chi connectivity index (χ1n) is 4.23. The number of hydrogen-bond acceptors (Lipinski definition) is 1. The Morgan fingerprint density at radius 2 is 2.09 bits per heavy atom. The van der Waals surface area contributed by atoms with E-state index in [0.717, 1.165) is 5.33 Å². The fourth-order valence-corrected chi connectivity index (χ4v) is 2.09. The summed E-state index contributed by atoms with van der Waals surface area (Å²) in [5.74, 6) is 1.31. The molecular formula is C9H19BrS. The number of alkyl halides is 1. The third kappa shape index (κ3) is 5.13. The molecule has 0 aliphatic rings. The van der Waals surface area contributed by atoms with Crippen LogP contribution in [0.4, 0.5) is 0 Å². The molecule has 11 heavy (non-hydrogen) atoms. The summed E-state index contributed by atoms with van der Waals surface area (Å²) in [7, 11) is 0.